The highest BCUT2D eigenvalue weighted by Crippen LogP contribution is 2.32. The monoisotopic (exact) mass is 294 g/mol. The maximum Gasteiger partial charge on any atom is 0.159 e. The largest absolute Gasteiger partial charge is 0.389 e. The molecule has 0 amide bonds. The molecule has 0 aromatic carbocycles. The molecular weight excluding hydrogens is 272 g/mol. The minimum atomic E-state index is -0.0263. The zero-order valence-electron chi connectivity index (χ0n) is 12.1. The van der Waals surface area contributed by atoms with Crippen molar-refractivity contribution in [1.29, 1.82) is 0 Å². The van der Waals surface area contributed by atoms with Gasteiger partial charge in [-0.2, -0.15) is 5.10 Å². The van der Waals surface area contributed by atoms with E-state index in [-0.39, 0.29) is 5.60 Å². The summed E-state index contributed by atoms with van der Waals surface area (Å²) in [4.78, 5) is 0.340. The molecule has 2 rings (SSSR count). The second-order valence-electron chi connectivity index (χ2n) is 5.23. The highest BCUT2D eigenvalue weighted by atomic mass is 32.1. The summed E-state index contributed by atoms with van der Waals surface area (Å²) in [5.41, 5.74) is 6.45. The summed E-state index contributed by atoms with van der Waals surface area (Å²) in [6, 6.07) is 2.11. The minimum absolute atomic E-state index is 0.0263. The molecule has 0 aliphatic carbocycles. The average Bonchev–Trinajstić information content (AvgIpc) is 2.47. The molecule has 1 aliphatic heterocycles. The van der Waals surface area contributed by atoms with Crippen molar-refractivity contribution in [2.45, 2.75) is 51.2 Å². The van der Waals surface area contributed by atoms with Crippen LogP contribution in [0, 0.1) is 0 Å². The molecule has 1 aliphatic rings. The Morgan fingerprint density at radius 2 is 2.30 bits per heavy atom. The van der Waals surface area contributed by atoms with Crippen LogP contribution >= 0.6 is 12.2 Å². The Balaban J connectivity index is 2.12. The summed E-state index contributed by atoms with van der Waals surface area (Å²) in [6.07, 6.45) is 5.56. The lowest BCUT2D eigenvalue weighted by Gasteiger charge is -2.40. The fraction of sp³-hybridized carbons (Fsp3) is 0.643. The summed E-state index contributed by atoms with van der Waals surface area (Å²) in [5.74, 6) is 0.674. The molecule has 3 N–H and O–H groups in total. The van der Waals surface area contributed by atoms with Gasteiger partial charge in [-0.15, -0.1) is 5.10 Å². The summed E-state index contributed by atoms with van der Waals surface area (Å²) >= 11 is 5.05. The Kier molecular flexibility index (Phi) is 4.88. The molecule has 0 bridgehead atoms. The van der Waals surface area contributed by atoms with Crippen LogP contribution in [0.5, 0.6) is 0 Å². The SMILES string of the molecule is CCC1(CC)CC(Nc2nnccc2C(N)=S)CCO1. The predicted octanol–water partition coefficient (Wildman–Crippen LogP) is 2.26. The van der Waals surface area contributed by atoms with E-state index in [1.54, 1.807) is 12.3 Å². The van der Waals surface area contributed by atoms with Crippen molar-refractivity contribution in [3.05, 3.63) is 17.8 Å². The zero-order chi connectivity index (χ0) is 14.6. The molecule has 1 fully saturated rings. The topological polar surface area (TPSA) is 73.1 Å². The fourth-order valence-corrected chi connectivity index (χ4v) is 2.89. The molecule has 6 heteroatoms. The molecule has 2 heterocycles. The van der Waals surface area contributed by atoms with Crippen molar-refractivity contribution < 1.29 is 4.74 Å². The first-order valence-corrected chi connectivity index (χ1v) is 7.53. The van der Waals surface area contributed by atoms with Gasteiger partial charge in [0.2, 0.25) is 0 Å². The van der Waals surface area contributed by atoms with Crippen LogP contribution in [0.2, 0.25) is 0 Å². The van der Waals surface area contributed by atoms with Crippen LogP contribution in [0.4, 0.5) is 5.82 Å². The van der Waals surface area contributed by atoms with Crippen molar-refractivity contribution >= 4 is 23.0 Å². The van der Waals surface area contributed by atoms with E-state index < -0.39 is 0 Å². The number of anilines is 1. The Morgan fingerprint density at radius 1 is 1.55 bits per heavy atom. The number of nitrogens with zero attached hydrogens (tertiary/aromatic N) is 2. The number of ether oxygens (including phenoxy) is 1. The van der Waals surface area contributed by atoms with Gasteiger partial charge in [0, 0.05) is 12.6 Å². The molecule has 1 aromatic heterocycles. The molecule has 0 radical (unpaired) electrons. The maximum absolute atomic E-state index is 5.98. The smallest absolute Gasteiger partial charge is 0.159 e. The van der Waals surface area contributed by atoms with E-state index in [2.05, 4.69) is 29.4 Å². The number of nitrogens with two attached hydrogens (primary N) is 1. The number of hydrogen-bond acceptors (Lipinski definition) is 5. The van der Waals surface area contributed by atoms with Gasteiger partial charge in [0.1, 0.15) is 4.99 Å². The number of aromatic nitrogens is 2. The lowest BCUT2D eigenvalue weighted by Crippen LogP contribution is -2.44. The van der Waals surface area contributed by atoms with Gasteiger partial charge in [-0.25, -0.2) is 0 Å². The summed E-state index contributed by atoms with van der Waals surface area (Å²) in [7, 11) is 0. The van der Waals surface area contributed by atoms with Gasteiger partial charge < -0.3 is 15.8 Å². The van der Waals surface area contributed by atoms with E-state index >= 15 is 0 Å². The summed E-state index contributed by atoms with van der Waals surface area (Å²) in [5, 5.41) is 11.5. The Morgan fingerprint density at radius 3 is 2.95 bits per heavy atom. The molecule has 1 atom stereocenters. The van der Waals surface area contributed by atoms with E-state index in [1.165, 1.54) is 0 Å². The van der Waals surface area contributed by atoms with Crippen molar-refractivity contribution in [2.24, 2.45) is 5.73 Å². The summed E-state index contributed by atoms with van der Waals surface area (Å²) < 4.78 is 5.98. The standard InChI is InChI=1S/C14H22N4OS/c1-3-14(4-2)9-10(6-8-19-14)17-13-11(12(15)20)5-7-16-18-13/h5,7,10H,3-4,6,8-9H2,1-2H3,(H2,15,20)(H,17,18). The quantitative estimate of drug-likeness (QED) is 0.812. The van der Waals surface area contributed by atoms with E-state index in [4.69, 9.17) is 22.7 Å². The van der Waals surface area contributed by atoms with Gasteiger partial charge in [0.15, 0.2) is 5.82 Å². The third-order valence-electron chi connectivity index (χ3n) is 4.11. The second-order valence-corrected chi connectivity index (χ2v) is 5.67. The van der Waals surface area contributed by atoms with E-state index in [0.717, 1.165) is 37.9 Å². The minimum Gasteiger partial charge on any atom is -0.389 e. The first-order chi connectivity index (χ1) is 9.60. The van der Waals surface area contributed by atoms with E-state index in [9.17, 15) is 0 Å². The lowest BCUT2D eigenvalue weighted by atomic mass is 9.86. The summed E-state index contributed by atoms with van der Waals surface area (Å²) in [6.45, 7) is 5.12. The van der Waals surface area contributed by atoms with E-state index in [1.807, 2.05) is 0 Å². The highest BCUT2D eigenvalue weighted by Gasteiger charge is 2.34. The van der Waals surface area contributed by atoms with Gasteiger partial charge in [-0.1, -0.05) is 26.1 Å². The van der Waals surface area contributed by atoms with Crippen molar-refractivity contribution in [3.63, 3.8) is 0 Å². The number of rotatable bonds is 5. The van der Waals surface area contributed by atoms with Gasteiger partial charge in [-0.3, -0.25) is 0 Å². The molecule has 20 heavy (non-hydrogen) atoms. The molecule has 0 saturated carbocycles. The van der Waals surface area contributed by atoms with Crippen LogP contribution in [-0.4, -0.2) is 33.4 Å². The fourth-order valence-electron chi connectivity index (χ4n) is 2.72. The van der Waals surface area contributed by atoms with Crippen LogP contribution in [0.15, 0.2) is 12.3 Å². The van der Waals surface area contributed by atoms with Crippen molar-refractivity contribution in [2.75, 3.05) is 11.9 Å². The molecule has 1 unspecified atom stereocenters. The van der Waals surface area contributed by atoms with Crippen molar-refractivity contribution in [3.8, 4) is 0 Å². The molecule has 110 valence electrons. The average molecular weight is 294 g/mol. The maximum atomic E-state index is 5.98. The van der Waals surface area contributed by atoms with Crippen molar-refractivity contribution in [1.82, 2.24) is 10.2 Å². The molecule has 1 aromatic rings. The predicted molar refractivity (Wildman–Crippen MR) is 83.8 cm³/mol. The van der Waals surface area contributed by atoms with Crippen LogP contribution in [-0.2, 0) is 4.74 Å². The van der Waals surface area contributed by atoms with Crippen LogP contribution in [0.3, 0.4) is 0 Å². The van der Waals surface area contributed by atoms with Gasteiger partial charge in [0.05, 0.1) is 17.4 Å². The third-order valence-corrected chi connectivity index (χ3v) is 4.33. The Labute approximate surface area is 125 Å². The lowest BCUT2D eigenvalue weighted by molar-refractivity contribution is -0.0864. The van der Waals surface area contributed by atoms with E-state index in [0.29, 0.717) is 16.8 Å². The first kappa shape index (κ1) is 15.1. The van der Waals surface area contributed by atoms with Gasteiger partial charge >= 0.3 is 0 Å². The zero-order valence-corrected chi connectivity index (χ0v) is 12.9. The Bertz CT molecular complexity index is 476. The van der Waals surface area contributed by atoms with Crippen LogP contribution in [0.1, 0.15) is 45.1 Å². The Hall–Kier alpha value is -1.27. The van der Waals surface area contributed by atoms with Gasteiger partial charge in [-0.05, 0) is 31.7 Å². The van der Waals surface area contributed by atoms with Crippen LogP contribution in [0.25, 0.3) is 0 Å². The number of thiocarbonyl (C=S) groups is 1. The van der Waals surface area contributed by atoms with Gasteiger partial charge in [0.25, 0.3) is 0 Å². The second kappa shape index (κ2) is 6.45. The number of nitrogens with one attached hydrogen (secondary N) is 1. The molecule has 0 spiro atoms. The molecular formula is C14H22N4OS. The molecule has 1 saturated heterocycles. The third kappa shape index (κ3) is 3.24. The molecule has 5 nitrogen and oxygen atoms in total. The number of hydrogen-bond donors (Lipinski definition) is 2. The highest BCUT2D eigenvalue weighted by molar-refractivity contribution is 7.80. The normalized spacial score (nSPS) is 21.4. The van der Waals surface area contributed by atoms with Crippen LogP contribution < -0.4 is 11.1 Å². The first-order valence-electron chi connectivity index (χ1n) is 7.12.